The Labute approximate surface area is 113 Å². The van der Waals surface area contributed by atoms with Crippen molar-refractivity contribution in [2.45, 2.75) is 19.6 Å². The molecule has 0 atom stereocenters. The van der Waals surface area contributed by atoms with Crippen LogP contribution in [0.5, 0.6) is 5.75 Å². The molecule has 100 valence electrons. The highest BCUT2D eigenvalue weighted by atomic mass is 16.5. The Hall–Kier alpha value is -1.84. The van der Waals surface area contributed by atoms with Gasteiger partial charge < -0.3 is 15.6 Å². The summed E-state index contributed by atoms with van der Waals surface area (Å²) in [7, 11) is 0. The van der Waals surface area contributed by atoms with Gasteiger partial charge >= 0.3 is 0 Å². The van der Waals surface area contributed by atoms with Crippen LogP contribution in [0.3, 0.4) is 0 Å². The molecular formula is C16H19NO2. The largest absolute Gasteiger partial charge is 0.489 e. The lowest BCUT2D eigenvalue weighted by molar-refractivity contribution is 0.298. The summed E-state index contributed by atoms with van der Waals surface area (Å²) in [5.41, 5.74) is 9.03. The Morgan fingerprint density at radius 2 is 1.63 bits per heavy atom. The molecular weight excluding hydrogens is 238 g/mol. The summed E-state index contributed by atoms with van der Waals surface area (Å²) >= 11 is 0. The van der Waals surface area contributed by atoms with Crippen LogP contribution in [0.15, 0.2) is 48.5 Å². The van der Waals surface area contributed by atoms with E-state index in [0.717, 1.165) is 22.4 Å². The SMILES string of the molecule is NCc1ccccc1COc1ccc(CCO)cc1. The third-order valence-electron chi connectivity index (χ3n) is 3.06. The van der Waals surface area contributed by atoms with Gasteiger partial charge in [0.05, 0.1) is 0 Å². The zero-order valence-electron chi connectivity index (χ0n) is 10.9. The van der Waals surface area contributed by atoms with Gasteiger partial charge in [-0.05, 0) is 35.2 Å². The van der Waals surface area contributed by atoms with Crippen molar-refractivity contribution in [3.63, 3.8) is 0 Å². The van der Waals surface area contributed by atoms with Crippen molar-refractivity contribution in [3.8, 4) is 5.75 Å². The molecule has 2 rings (SSSR count). The van der Waals surface area contributed by atoms with E-state index in [2.05, 4.69) is 0 Å². The number of ether oxygens (including phenoxy) is 1. The zero-order valence-corrected chi connectivity index (χ0v) is 10.9. The van der Waals surface area contributed by atoms with Crippen LogP contribution in [0.1, 0.15) is 16.7 Å². The van der Waals surface area contributed by atoms with Crippen molar-refractivity contribution in [1.82, 2.24) is 0 Å². The van der Waals surface area contributed by atoms with E-state index in [1.165, 1.54) is 0 Å². The molecule has 0 saturated carbocycles. The molecule has 0 unspecified atom stereocenters. The molecule has 0 aliphatic heterocycles. The fourth-order valence-corrected chi connectivity index (χ4v) is 1.94. The maximum absolute atomic E-state index is 8.86. The van der Waals surface area contributed by atoms with E-state index in [4.69, 9.17) is 15.6 Å². The van der Waals surface area contributed by atoms with Crippen molar-refractivity contribution in [2.24, 2.45) is 5.73 Å². The van der Waals surface area contributed by atoms with Crippen LogP contribution in [0.4, 0.5) is 0 Å². The number of hydrogen-bond donors (Lipinski definition) is 2. The van der Waals surface area contributed by atoms with Crippen molar-refractivity contribution >= 4 is 0 Å². The summed E-state index contributed by atoms with van der Waals surface area (Å²) in [4.78, 5) is 0. The van der Waals surface area contributed by atoms with Crippen molar-refractivity contribution in [3.05, 3.63) is 65.2 Å². The second-order valence-electron chi connectivity index (χ2n) is 4.38. The monoisotopic (exact) mass is 257 g/mol. The minimum atomic E-state index is 0.171. The van der Waals surface area contributed by atoms with E-state index >= 15 is 0 Å². The highest BCUT2D eigenvalue weighted by Gasteiger charge is 2.01. The Morgan fingerprint density at radius 1 is 0.947 bits per heavy atom. The molecule has 2 aromatic rings. The first-order valence-corrected chi connectivity index (χ1v) is 6.43. The Bertz CT molecular complexity index is 508. The fraction of sp³-hybridized carbons (Fsp3) is 0.250. The average Bonchev–Trinajstić information content (AvgIpc) is 2.47. The van der Waals surface area contributed by atoms with Crippen LogP contribution < -0.4 is 10.5 Å². The number of aliphatic hydroxyl groups is 1. The van der Waals surface area contributed by atoms with Gasteiger partial charge in [-0.25, -0.2) is 0 Å². The minimum absolute atomic E-state index is 0.171. The molecule has 0 fully saturated rings. The average molecular weight is 257 g/mol. The third-order valence-corrected chi connectivity index (χ3v) is 3.06. The quantitative estimate of drug-likeness (QED) is 0.834. The molecule has 0 aliphatic carbocycles. The van der Waals surface area contributed by atoms with Gasteiger partial charge in [0.15, 0.2) is 0 Å². The van der Waals surface area contributed by atoms with Crippen LogP contribution in [0, 0.1) is 0 Å². The van der Waals surface area contributed by atoms with Gasteiger partial charge in [0.2, 0.25) is 0 Å². The first kappa shape index (κ1) is 13.6. The van der Waals surface area contributed by atoms with Gasteiger partial charge in [-0.15, -0.1) is 0 Å². The smallest absolute Gasteiger partial charge is 0.119 e. The molecule has 0 saturated heterocycles. The highest BCUT2D eigenvalue weighted by molar-refractivity contribution is 5.30. The molecule has 3 nitrogen and oxygen atoms in total. The summed E-state index contributed by atoms with van der Waals surface area (Å²) in [6.45, 7) is 1.21. The molecule has 19 heavy (non-hydrogen) atoms. The predicted molar refractivity (Wildman–Crippen MR) is 75.9 cm³/mol. The zero-order chi connectivity index (χ0) is 13.5. The van der Waals surface area contributed by atoms with Crippen LogP contribution >= 0.6 is 0 Å². The Balaban J connectivity index is 1.98. The molecule has 0 bridgehead atoms. The Morgan fingerprint density at radius 3 is 2.26 bits per heavy atom. The summed E-state index contributed by atoms with van der Waals surface area (Å²) in [6.07, 6.45) is 0.677. The second-order valence-corrected chi connectivity index (χ2v) is 4.38. The first-order chi connectivity index (χ1) is 9.33. The van der Waals surface area contributed by atoms with Crippen molar-refractivity contribution in [1.29, 1.82) is 0 Å². The molecule has 3 N–H and O–H groups in total. The second kappa shape index (κ2) is 6.92. The van der Waals surface area contributed by atoms with Gasteiger partial charge in [0.25, 0.3) is 0 Å². The molecule has 0 aliphatic rings. The lowest BCUT2D eigenvalue weighted by Gasteiger charge is -2.10. The molecule has 0 amide bonds. The summed E-state index contributed by atoms with van der Waals surface area (Å²) < 4.78 is 5.75. The molecule has 3 heteroatoms. The normalized spacial score (nSPS) is 10.4. The van der Waals surface area contributed by atoms with Crippen LogP contribution in [0.25, 0.3) is 0 Å². The van der Waals surface area contributed by atoms with E-state index in [-0.39, 0.29) is 6.61 Å². The van der Waals surface area contributed by atoms with Gasteiger partial charge in [-0.1, -0.05) is 36.4 Å². The number of hydrogen-bond acceptors (Lipinski definition) is 3. The van der Waals surface area contributed by atoms with E-state index < -0.39 is 0 Å². The number of aliphatic hydroxyl groups excluding tert-OH is 1. The predicted octanol–water partition coefficient (Wildman–Crippen LogP) is 2.26. The number of benzene rings is 2. The van der Waals surface area contributed by atoms with Gasteiger partial charge in [-0.3, -0.25) is 0 Å². The molecule has 0 heterocycles. The van der Waals surface area contributed by atoms with Crippen molar-refractivity contribution in [2.75, 3.05) is 6.61 Å². The van der Waals surface area contributed by atoms with Gasteiger partial charge in [-0.2, -0.15) is 0 Å². The van der Waals surface area contributed by atoms with E-state index in [1.54, 1.807) is 0 Å². The fourth-order valence-electron chi connectivity index (χ4n) is 1.94. The Kier molecular flexibility index (Phi) is 4.95. The third kappa shape index (κ3) is 3.81. The minimum Gasteiger partial charge on any atom is -0.489 e. The molecule has 0 spiro atoms. The van der Waals surface area contributed by atoms with E-state index in [1.807, 2.05) is 48.5 Å². The number of nitrogens with two attached hydrogens (primary N) is 1. The summed E-state index contributed by atoms with van der Waals surface area (Å²) in [5, 5.41) is 8.86. The number of rotatable bonds is 6. The van der Waals surface area contributed by atoms with Crippen LogP contribution in [-0.4, -0.2) is 11.7 Å². The molecule has 2 aromatic carbocycles. The van der Waals surface area contributed by atoms with E-state index in [9.17, 15) is 0 Å². The van der Waals surface area contributed by atoms with Crippen LogP contribution in [0.2, 0.25) is 0 Å². The van der Waals surface area contributed by atoms with Crippen molar-refractivity contribution < 1.29 is 9.84 Å². The summed E-state index contributed by atoms with van der Waals surface area (Å²) in [6, 6.07) is 15.8. The standard InChI is InChI=1S/C16H19NO2/c17-11-14-3-1-2-4-15(14)12-19-16-7-5-13(6-8-16)9-10-18/h1-8,18H,9-12,17H2. The van der Waals surface area contributed by atoms with Gasteiger partial charge in [0, 0.05) is 13.2 Å². The lowest BCUT2D eigenvalue weighted by Crippen LogP contribution is -2.04. The highest BCUT2D eigenvalue weighted by Crippen LogP contribution is 2.16. The van der Waals surface area contributed by atoms with E-state index in [0.29, 0.717) is 19.6 Å². The first-order valence-electron chi connectivity index (χ1n) is 6.43. The van der Waals surface area contributed by atoms with Gasteiger partial charge in [0.1, 0.15) is 12.4 Å². The topological polar surface area (TPSA) is 55.5 Å². The lowest BCUT2D eigenvalue weighted by atomic mass is 10.1. The maximum Gasteiger partial charge on any atom is 0.119 e. The van der Waals surface area contributed by atoms with Crippen LogP contribution in [-0.2, 0) is 19.6 Å². The molecule has 0 aromatic heterocycles. The maximum atomic E-state index is 8.86. The summed E-state index contributed by atoms with van der Waals surface area (Å²) in [5.74, 6) is 0.827. The molecule has 0 radical (unpaired) electrons.